The summed E-state index contributed by atoms with van der Waals surface area (Å²) in [4.78, 5) is 0.865. The zero-order valence-corrected chi connectivity index (χ0v) is 12.3. The zero-order chi connectivity index (χ0) is 13.1. The van der Waals surface area contributed by atoms with E-state index >= 15 is 0 Å². The molecule has 0 aliphatic heterocycles. The molecule has 0 saturated carbocycles. The highest BCUT2D eigenvalue weighted by Gasteiger charge is 2.19. The van der Waals surface area contributed by atoms with E-state index in [4.69, 9.17) is 4.74 Å². The Bertz CT molecular complexity index is 413. The van der Waals surface area contributed by atoms with E-state index in [9.17, 15) is 4.21 Å². The molecule has 0 saturated heterocycles. The van der Waals surface area contributed by atoms with E-state index in [1.165, 1.54) is 0 Å². The number of ether oxygens (including phenoxy) is 1. The van der Waals surface area contributed by atoms with Crippen LogP contribution in [-0.2, 0) is 17.5 Å². The molecule has 3 nitrogen and oxygen atoms in total. The van der Waals surface area contributed by atoms with E-state index in [-0.39, 0.29) is 4.75 Å². The van der Waals surface area contributed by atoms with Crippen molar-refractivity contribution in [2.75, 3.05) is 7.11 Å². The molecule has 5 heteroatoms. The third-order valence-electron chi connectivity index (χ3n) is 2.24. The monoisotopic (exact) mass is 273 g/mol. The average molecular weight is 273 g/mol. The van der Waals surface area contributed by atoms with Gasteiger partial charge in [0.1, 0.15) is 5.75 Å². The Kier molecular flexibility index (Phi) is 5.04. The Hall–Kier alpha value is -0.520. The topological polar surface area (TPSA) is 38.3 Å². The van der Waals surface area contributed by atoms with Gasteiger partial charge in [-0.3, -0.25) is 0 Å². The van der Waals surface area contributed by atoms with E-state index < -0.39 is 11.0 Å². The van der Waals surface area contributed by atoms with Gasteiger partial charge in [-0.2, -0.15) is 0 Å². The van der Waals surface area contributed by atoms with Crippen LogP contribution in [0.25, 0.3) is 0 Å². The van der Waals surface area contributed by atoms with Crippen molar-refractivity contribution in [3.63, 3.8) is 0 Å². The maximum absolute atomic E-state index is 11.8. The van der Waals surface area contributed by atoms with E-state index in [1.54, 1.807) is 7.11 Å². The zero-order valence-electron chi connectivity index (χ0n) is 10.6. The van der Waals surface area contributed by atoms with Crippen LogP contribution in [0.1, 0.15) is 26.3 Å². The van der Waals surface area contributed by atoms with E-state index in [1.807, 2.05) is 39.0 Å². The first-order chi connectivity index (χ1) is 7.84. The summed E-state index contributed by atoms with van der Waals surface area (Å²) < 4.78 is 19.7. The van der Waals surface area contributed by atoms with Crippen LogP contribution < -0.4 is 9.46 Å². The molecule has 0 spiro atoms. The molecule has 1 unspecified atom stereocenters. The second-order valence-corrected chi connectivity index (χ2v) is 7.23. The minimum absolute atomic E-state index is 0.268. The highest BCUT2D eigenvalue weighted by Crippen LogP contribution is 2.21. The van der Waals surface area contributed by atoms with Crippen molar-refractivity contribution in [1.82, 2.24) is 4.72 Å². The van der Waals surface area contributed by atoms with Gasteiger partial charge in [0, 0.05) is 11.4 Å². The number of thiol groups is 1. The smallest absolute Gasteiger partial charge is 0.119 e. The molecule has 0 radical (unpaired) electrons. The summed E-state index contributed by atoms with van der Waals surface area (Å²) in [6.45, 7) is 6.32. The van der Waals surface area contributed by atoms with Gasteiger partial charge in [-0.25, -0.2) is 8.93 Å². The van der Waals surface area contributed by atoms with Crippen LogP contribution in [-0.4, -0.2) is 16.1 Å². The number of methoxy groups -OCH3 is 1. The molecule has 96 valence electrons. The molecule has 0 fully saturated rings. The van der Waals surface area contributed by atoms with Crippen LogP contribution >= 0.6 is 12.6 Å². The van der Waals surface area contributed by atoms with Gasteiger partial charge in [-0.05, 0) is 44.5 Å². The Morgan fingerprint density at radius 3 is 2.59 bits per heavy atom. The van der Waals surface area contributed by atoms with Crippen LogP contribution in [0.15, 0.2) is 23.1 Å². The molecule has 0 heterocycles. The van der Waals surface area contributed by atoms with Crippen molar-refractivity contribution in [1.29, 1.82) is 0 Å². The Morgan fingerprint density at radius 2 is 2.06 bits per heavy atom. The van der Waals surface area contributed by atoms with Crippen molar-refractivity contribution < 1.29 is 8.95 Å². The third-order valence-corrected chi connectivity index (χ3v) is 4.19. The molecule has 0 aromatic heterocycles. The standard InChI is InChI=1S/C12H19NO2S2/c1-12(2,3)17(14)13-8-9-7-10(15-4)5-6-11(9)16/h5-7,13,16H,8H2,1-4H3. The van der Waals surface area contributed by atoms with Crippen LogP contribution in [0.5, 0.6) is 5.75 Å². The number of benzene rings is 1. The fourth-order valence-corrected chi connectivity index (χ4v) is 2.13. The maximum atomic E-state index is 11.8. The molecule has 1 aromatic rings. The molecule has 17 heavy (non-hydrogen) atoms. The molecule has 1 aromatic carbocycles. The minimum Gasteiger partial charge on any atom is -0.497 e. The number of hydrogen-bond acceptors (Lipinski definition) is 3. The predicted octanol–water partition coefficient (Wildman–Crippen LogP) is 2.54. The van der Waals surface area contributed by atoms with Gasteiger partial charge in [-0.15, -0.1) is 12.6 Å². The molecule has 0 aliphatic rings. The third kappa shape index (κ3) is 4.33. The molecular weight excluding hydrogens is 254 g/mol. The van der Waals surface area contributed by atoms with E-state index in [0.717, 1.165) is 16.2 Å². The summed E-state index contributed by atoms with van der Waals surface area (Å²) in [5.41, 5.74) is 0.977. The van der Waals surface area contributed by atoms with Gasteiger partial charge < -0.3 is 4.74 Å². The Labute approximate surface area is 111 Å². The normalized spacial score (nSPS) is 13.5. The summed E-state index contributed by atoms with van der Waals surface area (Å²) in [5.74, 6) is 0.779. The first-order valence-electron chi connectivity index (χ1n) is 5.36. The first-order valence-corrected chi connectivity index (χ1v) is 6.95. The molecule has 1 rings (SSSR count). The highest BCUT2D eigenvalue weighted by atomic mass is 32.2. The minimum atomic E-state index is -1.08. The van der Waals surface area contributed by atoms with Crippen LogP contribution in [0, 0.1) is 0 Å². The molecule has 0 aliphatic carbocycles. The predicted molar refractivity (Wildman–Crippen MR) is 75.0 cm³/mol. The molecule has 0 amide bonds. The second kappa shape index (κ2) is 5.89. The number of hydrogen-bond donors (Lipinski definition) is 2. The van der Waals surface area contributed by atoms with E-state index in [0.29, 0.717) is 6.54 Å². The SMILES string of the molecule is COc1ccc(S)c(CNS(=O)C(C)(C)C)c1. The van der Waals surface area contributed by atoms with Crippen LogP contribution in [0.4, 0.5) is 0 Å². The quantitative estimate of drug-likeness (QED) is 0.827. The lowest BCUT2D eigenvalue weighted by atomic mass is 10.2. The summed E-state index contributed by atoms with van der Waals surface area (Å²) in [6.07, 6.45) is 0. The summed E-state index contributed by atoms with van der Waals surface area (Å²) in [7, 11) is 0.544. The van der Waals surface area contributed by atoms with Gasteiger partial charge >= 0.3 is 0 Å². The Morgan fingerprint density at radius 1 is 1.41 bits per heavy atom. The van der Waals surface area contributed by atoms with Crippen molar-refractivity contribution in [2.45, 2.75) is 37.0 Å². The summed E-state index contributed by atoms with van der Waals surface area (Å²) >= 11 is 4.36. The average Bonchev–Trinajstić information content (AvgIpc) is 2.26. The Balaban J connectivity index is 2.72. The van der Waals surface area contributed by atoms with Gasteiger partial charge in [-0.1, -0.05) is 0 Å². The largest absolute Gasteiger partial charge is 0.497 e. The van der Waals surface area contributed by atoms with E-state index in [2.05, 4.69) is 17.4 Å². The fourth-order valence-electron chi connectivity index (χ4n) is 1.19. The van der Waals surface area contributed by atoms with Gasteiger partial charge in [0.15, 0.2) is 0 Å². The lowest BCUT2D eigenvalue weighted by Gasteiger charge is -2.18. The summed E-state index contributed by atoms with van der Waals surface area (Å²) in [5, 5.41) is 0. The highest BCUT2D eigenvalue weighted by molar-refractivity contribution is 7.84. The summed E-state index contributed by atoms with van der Waals surface area (Å²) in [6, 6.07) is 5.63. The van der Waals surface area contributed by atoms with Gasteiger partial charge in [0.25, 0.3) is 0 Å². The van der Waals surface area contributed by atoms with Crippen LogP contribution in [0.3, 0.4) is 0 Å². The fraction of sp³-hybridized carbons (Fsp3) is 0.500. The van der Waals surface area contributed by atoms with Crippen molar-refractivity contribution in [3.05, 3.63) is 23.8 Å². The first kappa shape index (κ1) is 14.5. The van der Waals surface area contributed by atoms with Crippen molar-refractivity contribution in [2.24, 2.45) is 0 Å². The molecule has 0 bridgehead atoms. The van der Waals surface area contributed by atoms with Crippen molar-refractivity contribution in [3.8, 4) is 5.75 Å². The maximum Gasteiger partial charge on any atom is 0.119 e. The lowest BCUT2D eigenvalue weighted by molar-refractivity contribution is 0.414. The lowest BCUT2D eigenvalue weighted by Crippen LogP contribution is -2.32. The second-order valence-electron chi connectivity index (χ2n) is 4.70. The molecule has 1 atom stereocenters. The number of rotatable bonds is 4. The number of nitrogens with one attached hydrogen (secondary N) is 1. The van der Waals surface area contributed by atoms with Gasteiger partial charge in [0.2, 0.25) is 0 Å². The van der Waals surface area contributed by atoms with Crippen LogP contribution in [0.2, 0.25) is 0 Å². The molecule has 1 N–H and O–H groups in total. The van der Waals surface area contributed by atoms with Gasteiger partial charge in [0.05, 0.1) is 22.8 Å². The molecular formula is C12H19NO2S2. The van der Waals surface area contributed by atoms with Crippen molar-refractivity contribution >= 4 is 23.6 Å².